The van der Waals surface area contributed by atoms with Gasteiger partial charge in [0.2, 0.25) is 5.89 Å². The van der Waals surface area contributed by atoms with Crippen molar-refractivity contribution in [1.29, 1.82) is 0 Å². The number of aromatic nitrogens is 2. The van der Waals surface area contributed by atoms with Gasteiger partial charge in [-0.15, -0.1) is 0 Å². The zero-order valence-electron chi connectivity index (χ0n) is 14.3. The Hall–Kier alpha value is -2.37. The van der Waals surface area contributed by atoms with Gasteiger partial charge in [-0.25, -0.2) is 0 Å². The Balaban J connectivity index is 1.70. The van der Waals surface area contributed by atoms with Gasteiger partial charge in [-0.05, 0) is 38.8 Å². The van der Waals surface area contributed by atoms with Crippen LogP contribution in [0, 0.1) is 13.8 Å². The summed E-state index contributed by atoms with van der Waals surface area (Å²) in [6, 6.07) is 7.65. The van der Waals surface area contributed by atoms with E-state index in [1.54, 1.807) is 13.8 Å². The van der Waals surface area contributed by atoms with Gasteiger partial charge in [-0.3, -0.25) is 4.79 Å². The number of nitrogens with one attached hydrogen (secondary N) is 1. The normalized spacial score (nSPS) is 17.5. The molecule has 0 bridgehead atoms. The molecule has 1 aliphatic rings. The SMILES string of the molecule is Cc1ccc(OC(C)C(=O)NC2(c3noc(C)n3)CCCC2)cc1. The Morgan fingerprint density at radius 2 is 1.92 bits per heavy atom. The van der Waals surface area contributed by atoms with Crippen LogP contribution in [0.4, 0.5) is 0 Å². The van der Waals surface area contributed by atoms with E-state index in [4.69, 9.17) is 9.26 Å². The lowest BCUT2D eigenvalue weighted by Gasteiger charge is -2.28. The molecule has 6 heteroatoms. The maximum atomic E-state index is 12.6. The molecule has 1 aromatic heterocycles. The fraction of sp³-hybridized carbons (Fsp3) is 0.500. The molecule has 0 spiro atoms. The molecule has 1 aliphatic carbocycles. The first kappa shape index (κ1) is 16.5. The first-order valence-corrected chi connectivity index (χ1v) is 8.35. The summed E-state index contributed by atoms with van der Waals surface area (Å²) in [4.78, 5) is 17.0. The number of amides is 1. The molecule has 1 saturated carbocycles. The molecule has 1 heterocycles. The third kappa shape index (κ3) is 3.42. The van der Waals surface area contributed by atoms with Crippen molar-refractivity contribution >= 4 is 5.91 Å². The molecule has 24 heavy (non-hydrogen) atoms. The summed E-state index contributed by atoms with van der Waals surface area (Å²) in [6.07, 6.45) is 3.09. The average Bonchev–Trinajstić information content (AvgIpc) is 3.19. The highest BCUT2D eigenvalue weighted by Gasteiger charge is 2.42. The number of nitrogens with zero attached hydrogens (tertiary/aromatic N) is 2. The van der Waals surface area contributed by atoms with Gasteiger partial charge in [0.25, 0.3) is 5.91 Å². The van der Waals surface area contributed by atoms with Crippen molar-refractivity contribution in [1.82, 2.24) is 15.5 Å². The van der Waals surface area contributed by atoms with Crippen LogP contribution in [0.15, 0.2) is 28.8 Å². The summed E-state index contributed by atoms with van der Waals surface area (Å²) in [5, 5.41) is 7.14. The van der Waals surface area contributed by atoms with Crippen molar-refractivity contribution in [2.45, 2.75) is 58.1 Å². The van der Waals surface area contributed by atoms with Crippen LogP contribution in [-0.2, 0) is 10.3 Å². The summed E-state index contributed by atoms with van der Waals surface area (Å²) in [7, 11) is 0. The Bertz CT molecular complexity index is 703. The second-order valence-electron chi connectivity index (χ2n) is 6.49. The lowest BCUT2D eigenvalue weighted by Crippen LogP contribution is -2.49. The zero-order chi connectivity index (χ0) is 17.2. The van der Waals surface area contributed by atoms with E-state index >= 15 is 0 Å². The second kappa shape index (κ2) is 6.63. The summed E-state index contributed by atoms with van der Waals surface area (Å²) < 4.78 is 10.9. The van der Waals surface area contributed by atoms with Gasteiger partial charge >= 0.3 is 0 Å². The van der Waals surface area contributed by atoms with Gasteiger partial charge < -0.3 is 14.6 Å². The Morgan fingerprint density at radius 3 is 2.50 bits per heavy atom. The molecule has 128 valence electrons. The molecule has 3 rings (SSSR count). The maximum absolute atomic E-state index is 12.6. The smallest absolute Gasteiger partial charge is 0.261 e. The van der Waals surface area contributed by atoms with E-state index in [0.717, 1.165) is 31.2 Å². The van der Waals surface area contributed by atoms with E-state index in [-0.39, 0.29) is 5.91 Å². The fourth-order valence-electron chi connectivity index (χ4n) is 3.09. The molecule has 1 amide bonds. The van der Waals surface area contributed by atoms with Gasteiger partial charge in [0.05, 0.1) is 0 Å². The number of rotatable bonds is 5. The van der Waals surface area contributed by atoms with E-state index in [1.807, 2.05) is 31.2 Å². The van der Waals surface area contributed by atoms with Crippen LogP contribution < -0.4 is 10.1 Å². The van der Waals surface area contributed by atoms with Gasteiger partial charge in [0, 0.05) is 6.92 Å². The molecule has 6 nitrogen and oxygen atoms in total. The topological polar surface area (TPSA) is 77.2 Å². The fourth-order valence-corrected chi connectivity index (χ4v) is 3.09. The van der Waals surface area contributed by atoms with Crippen molar-refractivity contribution in [3.8, 4) is 5.75 Å². The first-order valence-electron chi connectivity index (χ1n) is 8.35. The van der Waals surface area contributed by atoms with E-state index < -0.39 is 11.6 Å². The minimum absolute atomic E-state index is 0.167. The Kier molecular flexibility index (Phi) is 4.55. The minimum Gasteiger partial charge on any atom is -0.481 e. The average molecular weight is 329 g/mol. The Labute approximate surface area is 141 Å². The van der Waals surface area contributed by atoms with Crippen molar-refractivity contribution in [2.75, 3.05) is 0 Å². The predicted molar refractivity (Wildman–Crippen MR) is 88.6 cm³/mol. The van der Waals surface area contributed by atoms with Gasteiger partial charge in [-0.2, -0.15) is 4.98 Å². The third-order valence-corrected chi connectivity index (χ3v) is 4.48. The van der Waals surface area contributed by atoms with Crippen molar-refractivity contribution in [3.05, 3.63) is 41.5 Å². The molecule has 1 aromatic carbocycles. The monoisotopic (exact) mass is 329 g/mol. The van der Waals surface area contributed by atoms with Crippen LogP contribution in [0.3, 0.4) is 0 Å². The number of hydrogen-bond acceptors (Lipinski definition) is 5. The lowest BCUT2D eigenvalue weighted by molar-refractivity contribution is -0.129. The molecule has 2 aromatic rings. The number of hydrogen-bond donors (Lipinski definition) is 1. The predicted octanol–water partition coefficient (Wildman–Crippen LogP) is 3.04. The summed E-state index contributed by atoms with van der Waals surface area (Å²) in [5.74, 6) is 1.59. The van der Waals surface area contributed by atoms with E-state index in [0.29, 0.717) is 17.5 Å². The van der Waals surface area contributed by atoms with E-state index in [2.05, 4.69) is 15.5 Å². The molecule has 0 saturated heterocycles. The number of ether oxygens (including phenoxy) is 1. The molecule has 0 aliphatic heterocycles. The molecular formula is C18H23N3O3. The van der Waals surface area contributed by atoms with Gasteiger partial charge in [0.15, 0.2) is 11.9 Å². The maximum Gasteiger partial charge on any atom is 0.261 e. The highest BCUT2D eigenvalue weighted by Crippen LogP contribution is 2.37. The van der Waals surface area contributed by atoms with Crippen molar-refractivity contribution in [3.63, 3.8) is 0 Å². The first-order chi connectivity index (χ1) is 11.5. The lowest BCUT2D eigenvalue weighted by atomic mass is 9.96. The number of aryl methyl sites for hydroxylation is 2. The standard InChI is InChI=1S/C18H23N3O3/c1-12-6-8-15(9-7-12)23-13(2)16(22)20-18(10-4-5-11-18)17-19-14(3)24-21-17/h6-9,13H,4-5,10-11H2,1-3H3,(H,20,22). The highest BCUT2D eigenvalue weighted by atomic mass is 16.5. The second-order valence-corrected chi connectivity index (χ2v) is 6.49. The summed E-state index contributed by atoms with van der Waals surface area (Å²) in [6.45, 7) is 5.51. The Morgan fingerprint density at radius 1 is 1.25 bits per heavy atom. The minimum atomic E-state index is -0.599. The largest absolute Gasteiger partial charge is 0.481 e. The van der Waals surface area contributed by atoms with Gasteiger partial charge in [0.1, 0.15) is 11.3 Å². The molecule has 1 atom stereocenters. The van der Waals surface area contributed by atoms with Crippen LogP contribution in [-0.4, -0.2) is 22.2 Å². The van der Waals surface area contributed by atoms with Crippen LogP contribution in [0.1, 0.15) is 49.9 Å². The van der Waals surface area contributed by atoms with E-state index in [9.17, 15) is 4.79 Å². The molecule has 1 unspecified atom stereocenters. The summed E-state index contributed by atoms with van der Waals surface area (Å²) >= 11 is 0. The number of carbonyl (C=O) groups is 1. The van der Waals surface area contributed by atoms with Crippen LogP contribution in [0.25, 0.3) is 0 Å². The zero-order valence-corrected chi connectivity index (χ0v) is 14.3. The van der Waals surface area contributed by atoms with Crippen LogP contribution in [0.5, 0.6) is 5.75 Å². The molecular weight excluding hydrogens is 306 g/mol. The molecule has 1 N–H and O–H groups in total. The number of benzene rings is 1. The van der Waals surface area contributed by atoms with Crippen molar-refractivity contribution in [2.24, 2.45) is 0 Å². The van der Waals surface area contributed by atoms with Crippen LogP contribution >= 0.6 is 0 Å². The van der Waals surface area contributed by atoms with Crippen molar-refractivity contribution < 1.29 is 14.1 Å². The highest BCUT2D eigenvalue weighted by molar-refractivity contribution is 5.81. The molecule has 0 radical (unpaired) electrons. The van der Waals surface area contributed by atoms with Gasteiger partial charge in [-0.1, -0.05) is 35.7 Å². The number of carbonyl (C=O) groups excluding carboxylic acids is 1. The van der Waals surface area contributed by atoms with Crippen LogP contribution in [0.2, 0.25) is 0 Å². The summed E-state index contributed by atoms with van der Waals surface area (Å²) in [5.41, 5.74) is 0.608. The third-order valence-electron chi connectivity index (χ3n) is 4.48. The quantitative estimate of drug-likeness (QED) is 0.912. The molecule has 1 fully saturated rings. The van der Waals surface area contributed by atoms with E-state index in [1.165, 1.54) is 0 Å².